The number of nitrogens with zero attached hydrogens (tertiary/aromatic N) is 2. The smallest absolute Gasteiger partial charge is 0.362 e. The first-order chi connectivity index (χ1) is 8.37. The summed E-state index contributed by atoms with van der Waals surface area (Å²) in [5.74, 6) is 0. The molecule has 0 aliphatic heterocycles. The lowest BCUT2D eigenvalue weighted by atomic mass is 10.1. The van der Waals surface area contributed by atoms with Crippen LogP contribution in [0.1, 0.15) is 24.5 Å². The van der Waals surface area contributed by atoms with Crippen molar-refractivity contribution in [1.82, 2.24) is 0 Å². The van der Waals surface area contributed by atoms with E-state index in [9.17, 15) is 13.2 Å². The highest BCUT2D eigenvalue weighted by Crippen LogP contribution is 2.26. The Kier molecular flexibility index (Phi) is 4.60. The Morgan fingerprint density at radius 2 is 2.00 bits per heavy atom. The summed E-state index contributed by atoms with van der Waals surface area (Å²) in [5, 5.41) is 9.00. The van der Waals surface area contributed by atoms with Crippen LogP contribution in [-0.2, 0) is 0 Å². The summed E-state index contributed by atoms with van der Waals surface area (Å²) >= 11 is 0. The third-order valence-corrected chi connectivity index (χ3v) is 2.48. The van der Waals surface area contributed by atoms with Gasteiger partial charge in [-0.3, -0.25) is 0 Å². The van der Waals surface area contributed by atoms with Crippen LogP contribution in [-0.4, -0.2) is 19.3 Å². The maximum absolute atomic E-state index is 12.5. The molecule has 0 aliphatic rings. The highest BCUT2D eigenvalue weighted by Gasteiger charge is 2.31. The fourth-order valence-electron chi connectivity index (χ4n) is 1.79. The summed E-state index contributed by atoms with van der Waals surface area (Å²) in [6.07, 6.45) is -3.68. The second-order valence-corrected chi connectivity index (χ2v) is 4.17. The number of hydrogen-bond donors (Lipinski definition) is 0. The van der Waals surface area contributed by atoms with E-state index in [-0.39, 0.29) is 12.1 Å². The van der Waals surface area contributed by atoms with E-state index in [2.05, 4.69) is 0 Å². The second-order valence-electron chi connectivity index (χ2n) is 4.17. The number of hydrogen-bond acceptors (Lipinski definition) is 2. The fourth-order valence-corrected chi connectivity index (χ4v) is 1.79. The predicted octanol–water partition coefficient (Wildman–Crippen LogP) is 3.65. The SMILES string of the molecule is CCCN(CC(F)(F)F)c1ccc(C)cc1C#N. The molecular formula is C13H15F3N2. The van der Waals surface area contributed by atoms with Crippen LogP contribution in [0.2, 0.25) is 0 Å². The van der Waals surface area contributed by atoms with Gasteiger partial charge in [-0.05, 0) is 31.0 Å². The van der Waals surface area contributed by atoms with Gasteiger partial charge in [-0.25, -0.2) is 0 Å². The van der Waals surface area contributed by atoms with Gasteiger partial charge in [0.05, 0.1) is 11.3 Å². The van der Waals surface area contributed by atoms with Crippen molar-refractivity contribution < 1.29 is 13.2 Å². The normalized spacial score (nSPS) is 11.1. The van der Waals surface area contributed by atoms with Crippen molar-refractivity contribution in [3.63, 3.8) is 0 Å². The molecule has 2 nitrogen and oxygen atoms in total. The summed E-state index contributed by atoms with van der Waals surface area (Å²) in [6.45, 7) is 2.86. The zero-order valence-electron chi connectivity index (χ0n) is 10.4. The van der Waals surface area contributed by atoms with Crippen molar-refractivity contribution in [2.24, 2.45) is 0 Å². The van der Waals surface area contributed by atoms with Crippen molar-refractivity contribution in [1.29, 1.82) is 5.26 Å². The van der Waals surface area contributed by atoms with Gasteiger partial charge in [-0.2, -0.15) is 18.4 Å². The second kappa shape index (κ2) is 5.76. The topological polar surface area (TPSA) is 27.0 Å². The van der Waals surface area contributed by atoms with Crippen molar-refractivity contribution in [2.75, 3.05) is 18.0 Å². The zero-order chi connectivity index (χ0) is 13.8. The summed E-state index contributed by atoms with van der Waals surface area (Å²) in [7, 11) is 0. The maximum atomic E-state index is 12.5. The molecule has 0 aliphatic carbocycles. The van der Waals surface area contributed by atoms with E-state index in [1.807, 2.05) is 13.0 Å². The van der Waals surface area contributed by atoms with Crippen LogP contribution >= 0.6 is 0 Å². The molecule has 1 rings (SSSR count). The molecule has 98 valence electrons. The number of rotatable bonds is 4. The van der Waals surface area contributed by atoms with Crippen molar-refractivity contribution in [3.8, 4) is 6.07 Å². The Morgan fingerprint density at radius 1 is 1.33 bits per heavy atom. The molecule has 18 heavy (non-hydrogen) atoms. The monoisotopic (exact) mass is 256 g/mol. The Labute approximate surface area is 105 Å². The highest BCUT2D eigenvalue weighted by molar-refractivity contribution is 5.60. The molecular weight excluding hydrogens is 241 g/mol. The number of nitriles is 1. The zero-order valence-corrected chi connectivity index (χ0v) is 10.4. The van der Waals surface area contributed by atoms with Gasteiger partial charge in [0.15, 0.2) is 0 Å². The summed E-state index contributed by atoms with van der Waals surface area (Å²) in [5.41, 5.74) is 1.49. The molecule has 0 fully saturated rings. The quantitative estimate of drug-likeness (QED) is 0.822. The Hall–Kier alpha value is -1.70. The van der Waals surface area contributed by atoms with E-state index >= 15 is 0 Å². The lowest BCUT2D eigenvalue weighted by molar-refractivity contribution is -0.119. The van der Waals surface area contributed by atoms with E-state index in [0.29, 0.717) is 12.1 Å². The third-order valence-electron chi connectivity index (χ3n) is 2.48. The first-order valence-electron chi connectivity index (χ1n) is 5.70. The summed E-state index contributed by atoms with van der Waals surface area (Å²) in [6, 6.07) is 6.85. The predicted molar refractivity (Wildman–Crippen MR) is 64.5 cm³/mol. The molecule has 0 heterocycles. The lowest BCUT2D eigenvalue weighted by Gasteiger charge is -2.26. The minimum atomic E-state index is -4.27. The standard InChI is InChI=1S/C13H15F3N2/c1-3-6-18(9-13(14,15)16)12-5-4-10(2)7-11(12)8-17/h4-5,7H,3,6,9H2,1-2H3. The number of aryl methyl sites for hydroxylation is 1. The van der Waals surface area contributed by atoms with E-state index in [4.69, 9.17) is 5.26 Å². The van der Waals surface area contributed by atoms with Crippen LogP contribution in [0.3, 0.4) is 0 Å². The number of anilines is 1. The van der Waals surface area contributed by atoms with Gasteiger partial charge < -0.3 is 4.90 Å². The Bertz CT molecular complexity index is 447. The summed E-state index contributed by atoms with van der Waals surface area (Å²) in [4.78, 5) is 1.21. The van der Waals surface area contributed by atoms with Crippen LogP contribution in [0.5, 0.6) is 0 Å². The van der Waals surface area contributed by atoms with Gasteiger partial charge >= 0.3 is 6.18 Å². The van der Waals surface area contributed by atoms with Crippen LogP contribution in [0.4, 0.5) is 18.9 Å². The summed E-state index contributed by atoms with van der Waals surface area (Å²) < 4.78 is 37.5. The van der Waals surface area contributed by atoms with Crippen LogP contribution in [0.25, 0.3) is 0 Å². The van der Waals surface area contributed by atoms with E-state index < -0.39 is 12.7 Å². The van der Waals surface area contributed by atoms with Gasteiger partial charge in [0.25, 0.3) is 0 Å². The third kappa shape index (κ3) is 3.95. The molecule has 0 amide bonds. The van der Waals surface area contributed by atoms with Gasteiger partial charge in [0.1, 0.15) is 12.6 Å². The van der Waals surface area contributed by atoms with E-state index in [0.717, 1.165) is 5.56 Å². The molecule has 0 N–H and O–H groups in total. The van der Waals surface area contributed by atoms with Crippen molar-refractivity contribution in [3.05, 3.63) is 29.3 Å². The highest BCUT2D eigenvalue weighted by atomic mass is 19.4. The molecule has 0 radical (unpaired) electrons. The van der Waals surface area contributed by atoms with Crippen LogP contribution in [0.15, 0.2) is 18.2 Å². The molecule has 5 heteroatoms. The Morgan fingerprint density at radius 3 is 2.50 bits per heavy atom. The minimum absolute atomic E-state index is 0.275. The van der Waals surface area contributed by atoms with Gasteiger partial charge in [-0.1, -0.05) is 13.0 Å². The largest absolute Gasteiger partial charge is 0.405 e. The molecule has 1 aromatic carbocycles. The number of alkyl halides is 3. The molecule has 0 spiro atoms. The van der Waals surface area contributed by atoms with E-state index in [1.54, 1.807) is 25.1 Å². The van der Waals surface area contributed by atoms with E-state index in [1.165, 1.54) is 4.90 Å². The number of benzene rings is 1. The molecule has 1 aromatic rings. The molecule has 0 bridgehead atoms. The number of halogens is 3. The van der Waals surface area contributed by atoms with Crippen molar-refractivity contribution in [2.45, 2.75) is 26.4 Å². The lowest BCUT2D eigenvalue weighted by Crippen LogP contribution is -2.35. The average molecular weight is 256 g/mol. The molecule has 0 atom stereocenters. The van der Waals surface area contributed by atoms with Gasteiger partial charge in [0.2, 0.25) is 0 Å². The molecule has 0 saturated carbocycles. The minimum Gasteiger partial charge on any atom is -0.362 e. The van der Waals surface area contributed by atoms with Crippen molar-refractivity contribution >= 4 is 5.69 Å². The molecule has 0 unspecified atom stereocenters. The Balaban J connectivity index is 3.10. The van der Waals surface area contributed by atoms with Crippen LogP contribution < -0.4 is 4.90 Å². The fraction of sp³-hybridized carbons (Fsp3) is 0.462. The molecule has 0 aromatic heterocycles. The van der Waals surface area contributed by atoms with Gasteiger partial charge in [-0.15, -0.1) is 0 Å². The molecule has 0 saturated heterocycles. The average Bonchev–Trinajstić information content (AvgIpc) is 2.26. The van der Waals surface area contributed by atoms with Crippen LogP contribution in [0, 0.1) is 18.3 Å². The first-order valence-corrected chi connectivity index (χ1v) is 5.70. The maximum Gasteiger partial charge on any atom is 0.405 e. The van der Waals surface area contributed by atoms with Gasteiger partial charge in [0, 0.05) is 6.54 Å². The first kappa shape index (κ1) is 14.4.